The van der Waals surface area contributed by atoms with Gasteiger partial charge in [-0.25, -0.2) is 4.18 Å². The molecule has 0 aliphatic heterocycles. The van der Waals surface area contributed by atoms with E-state index in [2.05, 4.69) is 38.8 Å². The van der Waals surface area contributed by atoms with Crippen LogP contribution in [0.25, 0.3) is 0 Å². The predicted octanol–water partition coefficient (Wildman–Crippen LogP) is 5.61. The fraction of sp³-hybridized carbons (Fsp3) is 1.00. The summed E-state index contributed by atoms with van der Waals surface area (Å²) in [7, 11) is -4.23. The maximum absolute atomic E-state index is 10.2. The van der Waals surface area contributed by atoms with Crippen molar-refractivity contribution < 1.29 is 21.6 Å². The number of quaternary nitrogens is 1. The van der Waals surface area contributed by atoms with Crippen LogP contribution < -0.4 is 0 Å². The van der Waals surface area contributed by atoms with E-state index < -0.39 is 10.4 Å². The second kappa shape index (κ2) is 18.2. The molecule has 0 aromatic carbocycles. The van der Waals surface area contributed by atoms with Gasteiger partial charge in [0.15, 0.2) is 0 Å². The Morgan fingerprint density at radius 3 is 1.27 bits per heavy atom. The molecule has 0 amide bonds. The van der Waals surface area contributed by atoms with Gasteiger partial charge in [-0.3, -0.25) is 4.55 Å². The molecular weight excluding hydrogens is 350 g/mol. The van der Waals surface area contributed by atoms with E-state index in [9.17, 15) is 8.42 Å². The van der Waals surface area contributed by atoms with Crippen LogP contribution in [0.1, 0.15) is 98.8 Å². The molecule has 0 saturated carbocycles. The van der Waals surface area contributed by atoms with Crippen molar-refractivity contribution >= 4 is 10.4 Å². The van der Waals surface area contributed by atoms with Gasteiger partial charge < -0.3 is 4.48 Å². The van der Waals surface area contributed by atoms with Crippen LogP contribution in [0.4, 0.5) is 0 Å². The Labute approximate surface area is 164 Å². The molecule has 0 spiro atoms. The second-order valence-corrected chi connectivity index (χ2v) is 8.13. The van der Waals surface area contributed by atoms with E-state index in [0.717, 1.165) is 12.8 Å². The van der Waals surface area contributed by atoms with Gasteiger partial charge in [0.05, 0.1) is 32.8 Å². The van der Waals surface area contributed by atoms with Gasteiger partial charge in [0.2, 0.25) is 0 Å². The van der Waals surface area contributed by atoms with E-state index in [1.165, 1.54) is 75.6 Å². The summed E-state index contributed by atoms with van der Waals surface area (Å²) in [6.07, 6.45) is 11.9. The highest BCUT2D eigenvalue weighted by molar-refractivity contribution is 7.80. The van der Waals surface area contributed by atoms with Crippen LogP contribution in [0.2, 0.25) is 0 Å². The Morgan fingerprint density at radius 2 is 1.00 bits per heavy atom. The monoisotopic (exact) mass is 396 g/mol. The molecule has 0 rings (SSSR count). The first-order chi connectivity index (χ1) is 12.3. The number of rotatable bonds is 16. The molecular formula is C20H46NO4S+. The Bertz CT molecular complexity index is 364. The molecule has 0 aromatic heterocycles. The zero-order chi connectivity index (χ0) is 20.3. The predicted molar refractivity (Wildman–Crippen MR) is 112 cm³/mol. The summed E-state index contributed by atoms with van der Waals surface area (Å²) in [5, 5.41) is 0. The maximum Gasteiger partial charge on any atom is 0.397 e. The van der Waals surface area contributed by atoms with Crippen molar-refractivity contribution in [2.24, 2.45) is 0 Å². The van der Waals surface area contributed by atoms with Gasteiger partial charge in [0.1, 0.15) is 0 Å². The topological polar surface area (TPSA) is 63.6 Å². The molecule has 6 heteroatoms. The first-order valence-electron chi connectivity index (χ1n) is 10.8. The molecule has 0 aliphatic carbocycles. The van der Waals surface area contributed by atoms with Crippen LogP contribution in [0, 0.1) is 0 Å². The van der Waals surface area contributed by atoms with Gasteiger partial charge in [0.25, 0.3) is 0 Å². The summed E-state index contributed by atoms with van der Waals surface area (Å²) in [6.45, 7) is 16.5. The minimum atomic E-state index is -4.23. The van der Waals surface area contributed by atoms with Crippen LogP contribution in [0.3, 0.4) is 0 Å². The molecule has 0 fully saturated rings. The van der Waals surface area contributed by atoms with E-state index in [1.807, 2.05) is 0 Å². The zero-order valence-corrected chi connectivity index (χ0v) is 19.0. The van der Waals surface area contributed by atoms with Crippen LogP contribution in [-0.2, 0) is 14.6 Å². The highest BCUT2D eigenvalue weighted by Gasteiger charge is 2.16. The molecule has 26 heavy (non-hydrogen) atoms. The summed E-state index contributed by atoms with van der Waals surface area (Å²) < 4.78 is 34.3. The van der Waals surface area contributed by atoms with Crippen molar-refractivity contribution in [3.8, 4) is 0 Å². The first-order valence-corrected chi connectivity index (χ1v) is 12.1. The normalized spacial score (nSPS) is 11.9. The van der Waals surface area contributed by atoms with Gasteiger partial charge in [-0.2, -0.15) is 8.42 Å². The highest BCUT2D eigenvalue weighted by Crippen LogP contribution is 2.10. The standard InChI is InChI=1S/C12H26O4S.C8H20N/c1-2-3-4-5-6-7-8-9-10-11-12-16-17(13,14)15;1-5-9(6-2,7-3)8-4/h2-12H2,1H3,(H,13,14,15);5-8H2,1-4H3/q;+1. The fourth-order valence-corrected chi connectivity index (χ4v) is 3.42. The summed E-state index contributed by atoms with van der Waals surface area (Å²) >= 11 is 0. The van der Waals surface area contributed by atoms with Crippen molar-refractivity contribution in [1.29, 1.82) is 0 Å². The van der Waals surface area contributed by atoms with E-state index in [1.54, 1.807) is 0 Å². The quantitative estimate of drug-likeness (QED) is 0.209. The minimum Gasteiger partial charge on any atom is -0.325 e. The van der Waals surface area contributed by atoms with Crippen molar-refractivity contribution in [2.45, 2.75) is 98.8 Å². The van der Waals surface area contributed by atoms with E-state index in [0.29, 0.717) is 6.42 Å². The van der Waals surface area contributed by atoms with Crippen LogP contribution >= 0.6 is 0 Å². The SMILES string of the molecule is CCCCCCCCCCCCOS(=O)(=O)O.CC[N+](CC)(CC)CC. The van der Waals surface area contributed by atoms with Gasteiger partial charge in [-0.15, -0.1) is 0 Å². The fourth-order valence-electron chi connectivity index (χ4n) is 3.10. The molecule has 0 aliphatic rings. The summed E-state index contributed by atoms with van der Waals surface area (Å²) in [4.78, 5) is 0. The Morgan fingerprint density at radius 1 is 0.654 bits per heavy atom. The molecule has 0 atom stereocenters. The van der Waals surface area contributed by atoms with E-state index >= 15 is 0 Å². The minimum absolute atomic E-state index is 0.0926. The number of unbranched alkanes of at least 4 members (excludes halogenated alkanes) is 9. The lowest BCUT2D eigenvalue weighted by molar-refractivity contribution is -0.921. The highest BCUT2D eigenvalue weighted by atomic mass is 32.3. The molecule has 160 valence electrons. The average molecular weight is 397 g/mol. The number of nitrogens with zero attached hydrogens (tertiary/aromatic N) is 1. The Hall–Kier alpha value is -0.170. The third kappa shape index (κ3) is 18.6. The van der Waals surface area contributed by atoms with Crippen LogP contribution in [0.15, 0.2) is 0 Å². The second-order valence-electron chi connectivity index (χ2n) is 7.04. The molecule has 0 saturated heterocycles. The number of hydrogen-bond donors (Lipinski definition) is 1. The summed E-state index contributed by atoms with van der Waals surface area (Å²) in [6, 6.07) is 0. The average Bonchev–Trinajstić information content (AvgIpc) is 2.62. The smallest absolute Gasteiger partial charge is 0.325 e. The zero-order valence-electron chi connectivity index (χ0n) is 18.1. The molecule has 0 heterocycles. The largest absolute Gasteiger partial charge is 0.397 e. The van der Waals surface area contributed by atoms with Crippen LogP contribution in [-0.4, -0.2) is 50.2 Å². The lowest BCUT2D eigenvalue weighted by Gasteiger charge is -2.34. The third-order valence-corrected chi connectivity index (χ3v) is 5.88. The van der Waals surface area contributed by atoms with Gasteiger partial charge in [-0.1, -0.05) is 64.7 Å². The summed E-state index contributed by atoms with van der Waals surface area (Å²) in [5.74, 6) is 0. The molecule has 0 bridgehead atoms. The third-order valence-electron chi connectivity index (χ3n) is 5.41. The van der Waals surface area contributed by atoms with Gasteiger partial charge >= 0.3 is 10.4 Å². The first kappa shape index (κ1) is 28.0. The van der Waals surface area contributed by atoms with E-state index in [4.69, 9.17) is 4.55 Å². The lowest BCUT2D eigenvalue weighted by Crippen LogP contribution is -2.47. The molecule has 0 unspecified atom stereocenters. The van der Waals surface area contributed by atoms with E-state index in [-0.39, 0.29) is 6.61 Å². The van der Waals surface area contributed by atoms with Crippen molar-refractivity contribution in [3.63, 3.8) is 0 Å². The maximum atomic E-state index is 10.2. The van der Waals surface area contributed by atoms with Crippen molar-refractivity contribution in [1.82, 2.24) is 0 Å². The Balaban J connectivity index is 0. The molecule has 0 radical (unpaired) electrons. The van der Waals surface area contributed by atoms with Gasteiger partial charge in [0, 0.05) is 0 Å². The molecule has 0 aromatic rings. The van der Waals surface area contributed by atoms with Crippen LogP contribution in [0.5, 0.6) is 0 Å². The molecule has 5 nitrogen and oxygen atoms in total. The molecule has 1 N–H and O–H groups in total. The number of hydrogen-bond acceptors (Lipinski definition) is 3. The van der Waals surface area contributed by atoms with Crippen molar-refractivity contribution in [3.05, 3.63) is 0 Å². The Kier molecular flexibility index (Phi) is 19.6. The summed E-state index contributed by atoms with van der Waals surface area (Å²) in [5.41, 5.74) is 0. The van der Waals surface area contributed by atoms with Gasteiger partial charge in [-0.05, 0) is 34.1 Å². The lowest BCUT2D eigenvalue weighted by atomic mass is 10.1. The van der Waals surface area contributed by atoms with Crippen molar-refractivity contribution in [2.75, 3.05) is 32.8 Å².